The first-order valence-electron chi connectivity index (χ1n) is 7.68. The zero-order valence-corrected chi connectivity index (χ0v) is 14.5. The minimum atomic E-state index is -0.191. The highest BCUT2D eigenvalue weighted by Crippen LogP contribution is 2.20. The van der Waals surface area contributed by atoms with Crippen molar-refractivity contribution in [3.63, 3.8) is 0 Å². The molecule has 0 aliphatic rings. The van der Waals surface area contributed by atoms with Crippen LogP contribution in [-0.2, 0) is 4.79 Å². The number of amides is 1. The van der Waals surface area contributed by atoms with E-state index >= 15 is 0 Å². The Bertz CT molecular complexity index is 1060. The second-order valence-corrected chi connectivity index (χ2v) is 6.36. The molecule has 0 aliphatic carbocycles. The summed E-state index contributed by atoms with van der Waals surface area (Å²) in [7, 11) is 0. The number of aryl methyl sites for hydroxylation is 1. The Morgan fingerprint density at radius 1 is 1.23 bits per heavy atom. The van der Waals surface area contributed by atoms with Gasteiger partial charge in [0.25, 0.3) is 0 Å². The van der Waals surface area contributed by atoms with E-state index in [1.165, 1.54) is 11.8 Å². The quantitative estimate of drug-likeness (QED) is 0.535. The van der Waals surface area contributed by atoms with Crippen LogP contribution >= 0.6 is 11.8 Å². The van der Waals surface area contributed by atoms with Crippen LogP contribution in [-0.4, -0.2) is 41.6 Å². The number of carbonyl (C=O) groups is 1. The van der Waals surface area contributed by atoms with E-state index in [9.17, 15) is 4.79 Å². The molecule has 1 N–H and O–H groups in total. The minimum Gasteiger partial charge on any atom is -0.360 e. The van der Waals surface area contributed by atoms with Gasteiger partial charge in [0.15, 0.2) is 17.3 Å². The largest absolute Gasteiger partial charge is 0.360 e. The molecule has 0 unspecified atom stereocenters. The molecule has 26 heavy (non-hydrogen) atoms. The highest BCUT2D eigenvalue weighted by molar-refractivity contribution is 7.99. The lowest BCUT2D eigenvalue weighted by Gasteiger charge is -2.03. The van der Waals surface area contributed by atoms with E-state index in [4.69, 9.17) is 4.52 Å². The van der Waals surface area contributed by atoms with Gasteiger partial charge in [-0.15, -0.1) is 10.2 Å². The molecule has 1 amide bonds. The van der Waals surface area contributed by atoms with Gasteiger partial charge in [-0.2, -0.15) is 9.61 Å². The van der Waals surface area contributed by atoms with Crippen LogP contribution in [0.4, 0.5) is 5.82 Å². The number of rotatable bonds is 5. The molecule has 0 aromatic carbocycles. The predicted molar refractivity (Wildman–Crippen MR) is 94.6 cm³/mol. The number of nitrogens with zero attached hydrogens (tertiary/aromatic N) is 6. The summed E-state index contributed by atoms with van der Waals surface area (Å²) in [5.41, 5.74) is 1.49. The van der Waals surface area contributed by atoms with Crippen molar-refractivity contribution < 1.29 is 9.32 Å². The Labute approximate surface area is 151 Å². The van der Waals surface area contributed by atoms with Crippen LogP contribution in [0.25, 0.3) is 17.0 Å². The van der Waals surface area contributed by atoms with Gasteiger partial charge in [-0.3, -0.25) is 9.78 Å². The van der Waals surface area contributed by atoms with Crippen molar-refractivity contribution in [3.05, 3.63) is 48.5 Å². The highest BCUT2D eigenvalue weighted by atomic mass is 32.2. The summed E-state index contributed by atoms with van der Waals surface area (Å²) in [6.45, 7) is 1.76. The number of pyridine rings is 1. The Balaban J connectivity index is 1.49. The van der Waals surface area contributed by atoms with Crippen molar-refractivity contribution >= 4 is 29.1 Å². The Morgan fingerprint density at radius 2 is 2.08 bits per heavy atom. The van der Waals surface area contributed by atoms with Crippen LogP contribution in [0.2, 0.25) is 0 Å². The second-order valence-electron chi connectivity index (χ2n) is 5.36. The van der Waals surface area contributed by atoms with Gasteiger partial charge >= 0.3 is 0 Å². The van der Waals surface area contributed by atoms with Crippen LogP contribution in [0.3, 0.4) is 0 Å². The molecule has 0 aliphatic heterocycles. The molecule has 0 fully saturated rings. The average Bonchev–Trinajstić information content (AvgIpc) is 3.26. The van der Waals surface area contributed by atoms with Crippen LogP contribution < -0.4 is 5.32 Å². The summed E-state index contributed by atoms with van der Waals surface area (Å²) >= 11 is 1.31. The molecule has 4 aromatic heterocycles. The second kappa shape index (κ2) is 6.92. The number of nitrogens with one attached hydrogen (secondary N) is 1. The summed E-state index contributed by atoms with van der Waals surface area (Å²) in [4.78, 5) is 16.0. The van der Waals surface area contributed by atoms with Gasteiger partial charge in [-0.1, -0.05) is 16.9 Å². The average molecular weight is 367 g/mol. The number of aromatic nitrogens is 6. The Hall–Kier alpha value is -3.27. The molecule has 0 saturated carbocycles. The van der Waals surface area contributed by atoms with E-state index in [-0.39, 0.29) is 11.7 Å². The molecule has 0 radical (unpaired) electrons. The lowest BCUT2D eigenvalue weighted by molar-refractivity contribution is -0.113. The predicted octanol–water partition coefficient (Wildman–Crippen LogP) is 2.21. The maximum absolute atomic E-state index is 12.0. The molecule has 0 bridgehead atoms. The maximum Gasteiger partial charge on any atom is 0.236 e. The highest BCUT2D eigenvalue weighted by Gasteiger charge is 2.12. The first kappa shape index (κ1) is 16.2. The molecule has 9 nitrogen and oxygen atoms in total. The molecule has 130 valence electrons. The molecule has 10 heteroatoms. The fourth-order valence-electron chi connectivity index (χ4n) is 2.27. The first-order valence-corrected chi connectivity index (χ1v) is 8.66. The zero-order valence-electron chi connectivity index (χ0n) is 13.7. The van der Waals surface area contributed by atoms with Crippen LogP contribution in [0, 0.1) is 6.92 Å². The number of anilines is 1. The van der Waals surface area contributed by atoms with Gasteiger partial charge in [0.2, 0.25) is 5.91 Å². The fourth-order valence-corrected chi connectivity index (χ4v) is 2.93. The van der Waals surface area contributed by atoms with Crippen LogP contribution in [0.15, 0.2) is 52.3 Å². The normalized spacial score (nSPS) is 11.0. The van der Waals surface area contributed by atoms with E-state index in [2.05, 4.69) is 30.8 Å². The van der Waals surface area contributed by atoms with Gasteiger partial charge < -0.3 is 9.84 Å². The number of hydrogen-bond donors (Lipinski definition) is 1. The summed E-state index contributed by atoms with van der Waals surface area (Å²) in [6, 6.07) is 8.95. The maximum atomic E-state index is 12.0. The summed E-state index contributed by atoms with van der Waals surface area (Å²) in [6.07, 6.45) is 3.37. The SMILES string of the molecule is Cc1cc(NC(=O)CSc2ccc3nnc(-c4ccncc4)n3n2)no1. The lowest BCUT2D eigenvalue weighted by Crippen LogP contribution is -2.14. The van der Waals surface area contributed by atoms with Gasteiger partial charge in [0.05, 0.1) is 5.75 Å². The van der Waals surface area contributed by atoms with Crippen molar-refractivity contribution in [1.82, 2.24) is 30.0 Å². The van der Waals surface area contributed by atoms with Gasteiger partial charge in [0.1, 0.15) is 10.8 Å². The van der Waals surface area contributed by atoms with E-state index in [0.717, 1.165) is 5.56 Å². The fraction of sp³-hybridized carbons (Fsp3) is 0.125. The summed E-state index contributed by atoms with van der Waals surface area (Å²) in [5.74, 6) is 1.65. The number of thioether (sulfide) groups is 1. The van der Waals surface area contributed by atoms with Gasteiger partial charge in [-0.25, -0.2) is 0 Å². The molecular formula is C16H13N7O2S. The topological polar surface area (TPSA) is 111 Å². The van der Waals surface area contributed by atoms with Crippen molar-refractivity contribution in [3.8, 4) is 11.4 Å². The van der Waals surface area contributed by atoms with E-state index in [0.29, 0.717) is 28.1 Å². The van der Waals surface area contributed by atoms with Crippen molar-refractivity contribution in [1.29, 1.82) is 0 Å². The monoisotopic (exact) mass is 367 g/mol. The zero-order chi connectivity index (χ0) is 17.9. The van der Waals surface area contributed by atoms with E-state index in [1.54, 1.807) is 36.0 Å². The molecule has 0 atom stereocenters. The van der Waals surface area contributed by atoms with Crippen molar-refractivity contribution in [2.45, 2.75) is 11.9 Å². The molecular weight excluding hydrogens is 354 g/mol. The van der Waals surface area contributed by atoms with Crippen LogP contribution in [0.5, 0.6) is 0 Å². The lowest BCUT2D eigenvalue weighted by atomic mass is 10.2. The third-order valence-electron chi connectivity index (χ3n) is 3.42. The standard InChI is InChI=1S/C16H13N7O2S/c1-10-8-12(22-25-10)18-14(24)9-26-15-3-2-13-19-20-16(23(13)21-15)11-4-6-17-7-5-11/h2-8H,9H2,1H3,(H,18,22,24). The Kier molecular flexibility index (Phi) is 4.32. The van der Waals surface area contributed by atoms with Gasteiger partial charge in [0, 0.05) is 24.0 Å². The molecule has 0 saturated heterocycles. The summed E-state index contributed by atoms with van der Waals surface area (Å²) in [5, 5.41) is 19.9. The van der Waals surface area contributed by atoms with Crippen molar-refractivity contribution in [2.75, 3.05) is 11.1 Å². The summed E-state index contributed by atoms with van der Waals surface area (Å²) < 4.78 is 6.57. The number of hydrogen-bond acceptors (Lipinski definition) is 8. The number of fused-ring (bicyclic) bond motifs is 1. The number of carbonyl (C=O) groups excluding carboxylic acids is 1. The molecule has 0 spiro atoms. The van der Waals surface area contributed by atoms with Gasteiger partial charge in [-0.05, 0) is 31.2 Å². The molecule has 4 heterocycles. The molecule has 4 rings (SSSR count). The minimum absolute atomic E-state index is 0.191. The van der Waals surface area contributed by atoms with Crippen molar-refractivity contribution in [2.24, 2.45) is 0 Å². The van der Waals surface area contributed by atoms with Crippen LogP contribution in [0.1, 0.15) is 5.76 Å². The van der Waals surface area contributed by atoms with E-state index in [1.807, 2.05) is 18.2 Å². The van der Waals surface area contributed by atoms with E-state index < -0.39 is 0 Å². The third kappa shape index (κ3) is 3.40. The third-order valence-corrected chi connectivity index (χ3v) is 4.34. The first-order chi connectivity index (χ1) is 12.7. The smallest absolute Gasteiger partial charge is 0.236 e. The Morgan fingerprint density at radius 3 is 2.85 bits per heavy atom. The molecule has 4 aromatic rings.